The molecular formula is C11H7ClO2. The Balaban J connectivity index is 2.81. The maximum absolute atomic E-state index is 10.5. The summed E-state index contributed by atoms with van der Waals surface area (Å²) < 4.78 is 0. The Labute approximate surface area is 85.7 Å². The Morgan fingerprint density at radius 1 is 1.21 bits per heavy atom. The molecule has 0 aliphatic rings. The fraction of sp³-hybridized carbons (Fsp3) is 0. The van der Waals surface area contributed by atoms with Crippen LogP contribution in [-0.2, 0) is 0 Å². The Morgan fingerprint density at radius 3 is 2.71 bits per heavy atom. The smallest absolute Gasteiger partial charge is 0.150 e. The van der Waals surface area contributed by atoms with Crippen molar-refractivity contribution in [3.8, 4) is 5.75 Å². The standard InChI is InChI=1S/C11H7ClO2/c12-11-5-9(14)4-8-2-1-7(6-13)3-10(8)11/h1-6,14H. The Morgan fingerprint density at radius 2 is 2.00 bits per heavy atom. The molecule has 14 heavy (non-hydrogen) atoms. The van der Waals surface area contributed by atoms with Gasteiger partial charge >= 0.3 is 0 Å². The molecule has 0 aliphatic heterocycles. The maximum Gasteiger partial charge on any atom is 0.150 e. The normalized spacial score (nSPS) is 10.4. The van der Waals surface area contributed by atoms with Gasteiger partial charge in [-0.15, -0.1) is 0 Å². The zero-order chi connectivity index (χ0) is 10.1. The molecule has 2 nitrogen and oxygen atoms in total. The Kier molecular flexibility index (Phi) is 2.14. The van der Waals surface area contributed by atoms with Gasteiger partial charge in [0, 0.05) is 10.9 Å². The van der Waals surface area contributed by atoms with E-state index in [0.717, 1.165) is 17.1 Å². The molecule has 0 aliphatic carbocycles. The van der Waals surface area contributed by atoms with Crippen molar-refractivity contribution in [2.75, 3.05) is 0 Å². The van der Waals surface area contributed by atoms with Crippen LogP contribution in [0.5, 0.6) is 5.75 Å². The van der Waals surface area contributed by atoms with Crippen LogP contribution in [-0.4, -0.2) is 11.4 Å². The van der Waals surface area contributed by atoms with Gasteiger partial charge in [-0.3, -0.25) is 4.79 Å². The molecule has 3 heteroatoms. The van der Waals surface area contributed by atoms with Gasteiger partial charge in [0.1, 0.15) is 12.0 Å². The van der Waals surface area contributed by atoms with Gasteiger partial charge in [0.2, 0.25) is 0 Å². The van der Waals surface area contributed by atoms with Crippen molar-refractivity contribution >= 4 is 28.7 Å². The number of carbonyl (C=O) groups excluding carboxylic acids is 1. The van der Waals surface area contributed by atoms with Crippen molar-refractivity contribution in [2.45, 2.75) is 0 Å². The van der Waals surface area contributed by atoms with E-state index in [2.05, 4.69) is 0 Å². The first-order valence-corrected chi connectivity index (χ1v) is 4.46. The van der Waals surface area contributed by atoms with E-state index < -0.39 is 0 Å². The highest BCUT2D eigenvalue weighted by molar-refractivity contribution is 6.35. The van der Waals surface area contributed by atoms with Crippen molar-refractivity contribution in [1.82, 2.24) is 0 Å². The van der Waals surface area contributed by atoms with Gasteiger partial charge < -0.3 is 5.11 Å². The van der Waals surface area contributed by atoms with E-state index in [9.17, 15) is 9.90 Å². The molecule has 0 atom stereocenters. The first-order valence-electron chi connectivity index (χ1n) is 4.08. The molecule has 0 saturated heterocycles. The minimum absolute atomic E-state index is 0.126. The van der Waals surface area contributed by atoms with E-state index in [1.54, 1.807) is 24.3 Å². The largest absolute Gasteiger partial charge is 0.508 e. The van der Waals surface area contributed by atoms with Crippen LogP contribution >= 0.6 is 11.6 Å². The topological polar surface area (TPSA) is 37.3 Å². The third kappa shape index (κ3) is 1.44. The molecule has 0 saturated carbocycles. The Hall–Kier alpha value is -1.54. The summed E-state index contributed by atoms with van der Waals surface area (Å²) >= 11 is 5.92. The van der Waals surface area contributed by atoms with Crippen LogP contribution in [0.1, 0.15) is 10.4 Å². The zero-order valence-electron chi connectivity index (χ0n) is 7.20. The number of carbonyl (C=O) groups is 1. The lowest BCUT2D eigenvalue weighted by Gasteiger charge is -2.02. The van der Waals surface area contributed by atoms with Crippen LogP contribution < -0.4 is 0 Å². The monoisotopic (exact) mass is 206 g/mol. The third-order valence-corrected chi connectivity index (χ3v) is 2.36. The number of halogens is 1. The summed E-state index contributed by atoms with van der Waals surface area (Å²) in [5.74, 6) is 0.126. The molecule has 2 aromatic carbocycles. The minimum atomic E-state index is 0.126. The molecular weight excluding hydrogens is 200 g/mol. The zero-order valence-corrected chi connectivity index (χ0v) is 7.95. The quantitative estimate of drug-likeness (QED) is 0.729. The SMILES string of the molecule is O=Cc1ccc2cc(O)cc(Cl)c2c1. The van der Waals surface area contributed by atoms with Gasteiger partial charge in [-0.1, -0.05) is 23.7 Å². The summed E-state index contributed by atoms with van der Waals surface area (Å²) in [4.78, 5) is 10.5. The number of phenolic OH excluding ortho intramolecular Hbond substituents is 1. The second kappa shape index (κ2) is 3.31. The molecule has 0 unspecified atom stereocenters. The molecule has 2 aromatic rings. The molecule has 0 aromatic heterocycles. The van der Waals surface area contributed by atoms with Gasteiger partial charge in [-0.2, -0.15) is 0 Å². The number of benzene rings is 2. The summed E-state index contributed by atoms with van der Waals surface area (Å²) in [6, 6.07) is 8.20. The van der Waals surface area contributed by atoms with E-state index in [1.165, 1.54) is 6.07 Å². The number of fused-ring (bicyclic) bond motifs is 1. The van der Waals surface area contributed by atoms with Gasteiger partial charge in [0.15, 0.2) is 0 Å². The highest BCUT2D eigenvalue weighted by atomic mass is 35.5. The van der Waals surface area contributed by atoms with Crippen molar-refractivity contribution in [2.24, 2.45) is 0 Å². The first-order chi connectivity index (χ1) is 6.70. The predicted octanol–water partition coefficient (Wildman–Crippen LogP) is 3.01. The lowest BCUT2D eigenvalue weighted by molar-refractivity contribution is 0.112. The lowest BCUT2D eigenvalue weighted by atomic mass is 10.1. The van der Waals surface area contributed by atoms with Crippen molar-refractivity contribution in [1.29, 1.82) is 0 Å². The second-order valence-electron chi connectivity index (χ2n) is 3.03. The van der Waals surface area contributed by atoms with Crippen molar-refractivity contribution in [3.05, 3.63) is 40.9 Å². The van der Waals surface area contributed by atoms with E-state index >= 15 is 0 Å². The molecule has 0 heterocycles. The molecule has 0 amide bonds. The minimum Gasteiger partial charge on any atom is -0.508 e. The van der Waals surface area contributed by atoms with Crippen molar-refractivity contribution < 1.29 is 9.90 Å². The van der Waals surface area contributed by atoms with Crippen LogP contribution in [0.15, 0.2) is 30.3 Å². The van der Waals surface area contributed by atoms with Crippen LogP contribution in [0, 0.1) is 0 Å². The Bertz CT molecular complexity index is 506. The van der Waals surface area contributed by atoms with Gasteiger partial charge in [0.25, 0.3) is 0 Å². The van der Waals surface area contributed by atoms with Crippen LogP contribution in [0.3, 0.4) is 0 Å². The molecule has 0 spiro atoms. The van der Waals surface area contributed by atoms with Gasteiger partial charge in [-0.05, 0) is 23.6 Å². The fourth-order valence-corrected chi connectivity index (χ4v) is 1.66. The fourth-order valence-electron chi connectivity index (χ4n) is 1.39. The summed E-state index contributed by atoms with van der Waals surface area (Å²) in [5.41, 5.74) is 0.574. The number of hydrogen-bond acceptors (Lipinski definition) is 2. The van der Waals surface area contributed by atoms with Crippen LogP contribution in [0.25, 0.3) is 10.8 Å². The summed E-state index contributed by atoms with van der Waals surface area (Å²) in [5, 5.41) is 11.3. The van der Waals surface area contributed by atoms with Crippen LogP contribution in [0.2, 0.25) is 5.02 Å². The molecule has 70 valence electrons. The molecule has 1 N–H and O–H groups in total. The summed E-state index contributed by atoms with van der Waals surface area (Å²) in [6.07, 6.45) is 0.766. The number of rotatable bonds is 1. The molecule has 0 radical (unpaired) electrons. The lowest BCUT2D eigenvalue weighted by Crippen LogP contribution is -1.81. The highest BCUT2D eigenvalue weighted by Gasteiger charge is 2.02. The number of aromatic hydroxyl groups is 1. The summed E-state index contributed by atoms with van der Waals surface area (Å²) in [6.45, 7) is 0. The number of phenols is 1. The maximum atomic E-state index is 10.5. The number of hydrogen-bond donors (Lipinski definition) is 1. The van der Waals surface area contributed by atoms with Gasteiger partial charge in [0.05, 0.1) is 5.02 Å². The van der Waals surface area contributed by atoms with Gasteiger partial charge in [-0.25, -0.2) is 0 Å². The average Bonchev–Trinajstić information content (AvgIpc) is 2.17. The van der Waals surface area contributed by atoms with E-state index in [0.29, 0.717) is 10.6 Å². The van der Waals surface area contributed by atoms with E-state index in [-0.39, 0.29) is 5.75 Å². The highest BCUT2D eigenvalue weighted by Crippen LogP contribution is 2.28. The molecule has 2 rings (SSSR count). The predicted molar refractivity (Wildman–Crippen MR) is 56.0 cm³/mol. The summed E-state index contributed by atoms with van der Waals surface area (Å²) in [7, 11) is 0. The van der Waals surface area contributed by atoms with Crippen LogP contribution in [0.4, 0.5) is 0 Å². The second-order valence-corrected chi connectivity index (χ2v) is 3.43. The average molecular weight is 207 g/mol. The molecule has 0 fully saturated rings. The van der Waals surface area contributed by atoms with E-state index in [4.69, 9.17) is 11.6 Å². The number of aldehydes is 1. The first kappa shape index (κ1) is 9.03. The molecule has 0 bridgehead atoms. The van der Waals surface area contributed by atoms with Crippen molar-refractivity contribution in [3.63, 3.8) is 0 Å². The third-order valence-electron chi connectivity index (χ3n) is 2.05. The van der Waals surface area contributed by atoms with E-state index in [1.807, 2.05) is 0 Å².